The summed E-state index contributed by atoms with van der Waals surface area (Å²) in [5, 5.41) is 19.6. The van der Waals surface area contributed by atoms with Crippen molar-refractivity contribution >= 4 is 11.7 Å². The van der Waals surface area contributed by atoms with Gasteiger partial charge in [0.15, 0.2) is 0 Å². The van der Waals surface area contributed by atoms with E-state index < -0.39 is 22.3 Å². The van der Waals surface area contributed by atoms with Crippen LogP contribution in [0.15, 0.2) is 36.4 Å². The second-order valence-electron chi connectivity index (χ2n) is 4.28. The van der Waals surface area contributed by atoms with Crippen LogP contribution in [-0.4, -0.2) is 16.0 Å². The highest BCUT2D eigenvalue weighted by atomic mass is 19.1. The number of carboxylic acids is 1. The van der Waals surface area contributed by atoms with Crippen molar-refractivity contribution in [2.45, 2.75) is 6.92 Å². The van der Waals surface area contributed by atoms with E-state index in [1.165, 1.54) is 18.2 Å². The molecular weight excluding hydrogens is 281 g/mol. The largest absolute Gasteiger partial charge is 0.478 e. The summed E-state index contributed by atoms with van der Waals surface area (Å²) in [6, 6.07) is 7.43. The SMILES string of the molecule is Cc1ccc([N+](=O)[O-])c(Oc2ccc(C(=O)O)c(F)c2)c1. The van der Waals surface area contributed by atoms with Gasteiger partial charge in [-0.1, -0.05) is 6.07 Å². The zero-order valence-electron chi connectivity index (χ0n) is 10.9. The minimum Gasteiger partial charge on any atom is -0.478 e. The topological polar surface area (TPSA) is 89.7 Å². The second kappa shape index (κ2) is 5.58. The van der Waals surface area contributed by atoms with Crippen molar-refractivity contribution in [3.63, 3.8) is 0 Å². The minimum absolute atomic E-state index is 0.0220. The van der Waals surface area contributed by atoms with E-state index in [9.17, 15) is 19.3 Å². The lowest BCUT2D eigenvalue weighted by Crippen LogP contribution is -2.00. The van der Waals surface area contributed by atoms with Crippen LogP contribution < -0.4 is 4.74 Å². The first-order valence-electron chi connectivity index (χ1n) is 5.84. The number of benzene rings is 2. The maximum absolute atomic E-state index is 13.5. The van der Waals surface area contributed by atoms with E-state index in [-0.39, 0.29) is 17.2 Å². The van der Waals surface area contributed by atoms with Crippen LogP contribution in [0, 0.1) is 22.9 Å². The molecule has 0 aromatic heterocycles. The molecule has 0 fully saturated rings. The van der Waals surface area contributed by atoms with Crippen molar-refractivity contribution in [2.75, 3.05) is 0 Å². The number of hydrogen-bond donors (Lipinski definition) is 1. The summed E-state index contributed by atoms with van der Waals surface area (Å²) >= 11 is 0. The van der Waals surface area contributed by atoms with Crippen molar-refractivity contribution in [1.29, 1.82) is 0 Å². The van der Waals surface area contributed by atoms with Gasteiger partial charge in [-0.2, -0.15) is 0 Å². The molecule has 0 bridgehead atoms. The molecule has 0 aliphatic rings. The van der Waals surface area contributed by atoms with Crippen molar-refractivity contribution in [2.24, 2.45) is 0 Å². The van der Waals surface area contributed by atoms with E-state index in [0.29, 0.717) is 0 Å². The summed E-state index contributed by atoms with van der Waals surface area (Å²) in [7, 11) is 0. The molecule has 0 unspecified atom stereocenters. The molecule has 0 spiro atoms. The van der Waals surface area contributed by atoms with E-state index >= 15 is 0 Å². The Morgan fingerprint density at radius 3 is 2.57 bits per heavy atom. The number of nitrogens with zero attached hydrogens (tertiary/aromatic N) is 1. The Morgan fingerprint density at radius 2 is 2.00 bits per heavy atom. The number of rotatable bonds is 4. The van der Waals surface area contributed by atoms with E-state index in [1.807, 2.05) is 0 Å². The maximum atomic E-state index is 13.5. The number of aromatic carboxylic acids is 1. The second-order valence-corrected chi connectivity index (χ2v) is 4.28. The molecule has 0 atom stereocenters. The molecule has 0 heterocycles. The lowest BCUT2D eigenvalue weighted by Gasteiger charge is -2.08. The lowest BCUT2D eigenvalue weighted by molar-refractivity contribution is -0.385. The number of nitro groups is 1. The Labute approximate surface area is 118 Å². The summed E-state index contributed by atoms with van der Waals surface area (Å²) in [5.74, 6) is -2.44. The van der Waals surface area contributed by atoms with Gasteiger partial charge in [-0.05, 0) is 30.7 Å². The van der Waals surface area contributed by atoms with Crippen LogP contribution >= 0.6 is 0 Å². The molecule has 0 aliphatic carbocycles. The van der Waals surface area contributed by atoms with Crippen LogP contribution in [0.1, 0.15) is 15.9 Å². The number of aryl methyl sites for hydroxylation is 1. The number of halogens is 1. The third-order valence-corrected chi connectivity index (χ3v) is 2.71. The average Bonchev–Trinajstić information content (AvgIpc) is 2.37. The Hall–Kier alpha value is -2.96. The molecular formula is C14H10FNO5. The third kappa shape index (κ3) is 3.14. The van der Waals surface area contributed by atoms with Gasteiger partial charge in [0.05, 0.1) is 10.5 Å². The van der Waals surface area contributed by atoms with Crippen LogP contribution in [0.5, 0.6) is 11.5 Å². The lowest BCUT2D eigenvalue weighted by atomic mass is 10.2. The van der Waals surface area contributed by atoms with Crippen LogP contribution in [0.4, 0.5) is 10.1 Å². The number of carbonyl (C=O) groups is 1. The zero-order chi connectivity index (χ0) is 15.6. The molecule has 0 radical (unpaired) electrons. The molecule has 108 valence electrons. The Kier molecular flexibility index (Phi) is 3.84. The quantitative estimate of drug-likeness (QED) is 0.687. The molecule has 21 heavy (non-hydrogen) atoms. The summed E-state index contributed by atoms with van der Waals surface area (Å²) in [6.45, 7) is 1.73. The van der Waals surface area contributed by atoms with Crippen molar-refractivity contribution in [3.8, 4) is 11.5 Å². The van der Waals surface area contributed by atoms with E-state index in [2.05, 4.69) is 0 Å². The Balaban J connectivity index is 2.38. The first kappa shape index (κ1) is 14.4. The smallest absolute Gasteiger partial charge is 0.338 e. The summed E-state index contributed by atoms with van der Waals surface area (Å²) in [5.41, 5.74) is -0.0253. The standard InChI is InChI=1S/C14H10FNO5/c1-8-2-5-12(16(19)20)13(6-8)21-9-3-4-10(14(17)18)11(15)7-9/h2-7H,1H3,(H,17,18). The van der Waals surface area contributed by atoms with Gasteiger partial charge in [0, 0.05) is 12.1 Å². The molecule has 1 N–H and O–H groups in total. The monoisotopic (exact) mass is 291 g/mol. The fourth-order valence-electron chi connectivity index (χ4n) is 1.71. The Morgan fingerprint density at radius 1 is 1.29 bits per heavy atom. The highest BCUT2D eigenvalue weighted by Gasteiger charge is 2.17. The molecule has 7 heteroatoms. The molecule has 2 rings (SSSR count). The first-order valence-corrected chi connectivity index (χ1v) is 5.84. The third-order valence-electron chi connectivity index (χ3n) is 2.71. The van der Waals surface area contributed by atoms with Gasteiger partial charge in [-0.25, -0.2) is 9.18 Å². The fourth-order valence-corrected chi connectivity index (χ4v) is 1.71. The number of carboxylic acid groups (broad SMARTS) is 1. The number of ether oxygens (including phenoxy) is 1. The summed E-state index contributed by atoms with van der Waals surface area (Å²) in [4.78, 5) is 21.0. The highest BCUT2D eigenvalue weighted by Crippen LogP contribution is 2.32. The number of nitro benzene ring substituents is 1. The molecule has 2 aromatic carbocycles. The summed E-state index contributed by atoms with van der Waals surface area (Å²) in [6.07, 6.45) is 0. The van der Waals surface area contributed by atoms with E-state index in [4.69, 9.17) is 9.84 Å². The molecule has 2 aromatic rings. The van der Waals surface area contributed by atoms with Crippen LogP contribution in [-0.2, 0) is 0 Å². The Bertz CT molecular complexity index is 729. The van der Waals surface area contributed by atoms with Crippen molar-refractivity contribution < 1.29 is 24.0 Å². The summed E-state index contributed by atoms with van der Waals surface area (Å²) < 4.78 is 18.8. The highest BCUT2D eigenvalue weighted by molar-refractivity contribution is 5.88. The molecule has 0 saturated heterocycles. The molecule has 0 aliphatic heterocycles. The fraction of sp³-hybridized carbons (Fsp3) is 0.0714. The zero-order valence-corrected chi connectivity index (χ0v) is 10.9. The molecule has 6 nitrogen and oxygen atoms in total. The first-order chi connectivity index (χ1) is 9.88. The molecule has 0 saturated carbocycles. The van der Waals surface area contributed by atoms with E-state index in [1.54, 1.807) is 13.0 Å². The van der Waals surface area contributed by atoms with Crippen molar-refractivity contribution in [3.05, 3.63) is 63.5 Å². The average molecular weight is 291 g/mol. The van der Waals surface area contributed by atoms with Gasteiger partial charge in [0.2, 0.25) is 5.75 Å². The van der Waals surface area contributed by atoms with Gasteiger partial charge in [-0.15, -0.1) is 0 Å². The predicted molar refractivity (Wildman–Crippen MR) is 71.3 cm³/mol. The van der Waals surface area contributed by atoms with Gasteiger partial charge in [0.25, 0.3) is 0 Å². The number of hydrogen-bond acceptors (Lipinski definition) is 4. The predicted octanol–water partition coefficient (Wildman–Crippen LogP) is 3.53. The van der Waals surface area contributed by atoms with Gasteiger partial charge in [-0.3, -0.25) is 10.1 Å². The normalized spacial score (nSPS) is 10.2. The van der Waals surface area contributed by atoms with Gasteiger partial charge in [0.1, 0.15) is 11.6 Å². The van der Waals surface area contributed by atoms with Gasteiger partial charge < -0.3 is 9.84 Å². The van der Waals surface area contributed by atoms with Gasteiger partial charge >= 0.3 is 11.7 Å². The van der Waals surface area contributed by atoms with E-state index in [0.717, 1.165) is 17.7 Å². The maximum Gasteiger partial charge on any atom is 0.338 e. The van der Waals surface area contributed by atoms with Crippen LogP contribution in [0.3, 0.4) is 0 Å². The van der Waals surface area contributed by atoms with Crippen LogP contribution in [0.25, 0.3) is 0 Å². The van der Waals surface area contributed by atoms with Crippen molar-refractivity contribution in [1.82, 2.24) is 0 Å². The molecule has 0 amide bonds. The van der Waals surface area contributed by atoms with Crippen LogP contribution in [0.2, 0.25) is 0 Å². The minimum atomic E-state index is -1.40.